The van der Waals surface area contributed by atoms with Gasteiger partial charge in [0.15, 0.2) is 0 Å². The maximum atomic E-state index is 6.00. The number of rotatable bonds is 5. The molecule has 0 N–H and O–H groups in total. The molecule has 0 radical (unpaired) electrons. The highest BCUT2D eigenvalue weighted by molar-refractivity contribution is 5.95. The quantitative estimate of drug-likeness (QED) is 0.503. The Balaban J connectivity index is 1.87. The molecule has 3 rings (SSSR count). The zero-order valence-corrected chi connectivity index (χ0v) is 13.6. The highest BCUT2D eigenvalue weighted by Gasteiger charge is 2.07. The molecule has 3 aromatic rings. The number of nitrogens with zero attached hydrogens (tertiary/aromatic N) is 1. The molecule has 3 aromatic carbocycles. The molecule has 0 aliphatic carbocycles. The van der Waals surface area contributed by atoms with Crippen molar-refractivity contribution in [2.24, 2.45) is 4.99 Å². The molecule has 0 amide bonds. The van der Waals surface area contributed by atoms with Crippen LogP contribution < -0.4 is 9.47 Å². The van der Waals surface area contributed by atoms with Crippen molar-refractivity contribution in [2.45, 2.75) is 6.54 Å². The van der Waals surface area contributed by atoms with Crippen LogP contribution in [0.5, 0.6) is 11.5 Å². The molecule has 0 unspecified atom stereocenters. The summed E-state index contributed by atoms with van der Waals surface area (Å²) in [4.78, 5) is 4.67. The molecule has 0 bridgehead atoms. The second kappa shape index (κ2) is 7.97. The van der Waals surface area contributed by atoms with Crippen LogP contribution >= 0.6 is 0 Å². The number of para-hydroxylation sites is 1. The third-order valence-electron chi connectivity index (χ3n) is 3.54. The number of methoxy groups -OCH3 is 1. The SMILES string of the molecule is COc1ccc(C(=NCc2ccccc2)Oc2ccccc2)cc1. The lowest BCUT2D eigenvalue weighted by Gasteiger charge is -2.10. The minimum Gasteiger partial charge on any atom is -0.497 e. The lowest BCUT2D eigenvalue weighted by Crippen LogP contribution is -2.11. The van der Waals surface area contributed by atoms with Gasteiger partial charge >= 0.3 is 0 Å². The fourth-order valence-corrected chi connectivity index (χ4v) is 2.26. The van der Waals surface area contributed by atoms with Gasteiger partial charge in [-0.2, -0.15) is 0 Å². The van der Waals surface area contributed by atoms with Crippen LogP contribution in [0.15, 0.2) is 89.9 Å². The number of ether oxygens (including phenoxy) is 2. The Kier molecular flexibility index (Phi) is 5.25. The molecule has 0 atom stereocenters. The van der Waals surface area contributed by atoms with Crippen molar-refractivity contribution >= 4 is 5.90 Å². The molecule has 0 spiro atoms. The number of benzene rings is 3. The Morgan fingerprint density at radius 3 is 2.00 bits per heavy atom. The van der Waals surface area contributed by atoms with Gasteiger partial charge in [0.1, 0.15) is 11.5 Å². The van der Waals surface area contributed by atoms with Crippen molar-refractivity contribution < 1.29 is 9.47 Å². The monoisotopic (exact) mass is 317 g/mol. The van der Waals surface area contributed by atoms with Gasteiger partial charge in [-0.25, -0.2) is 4.99 Å². The second-order valence-corrected chi connectivity index (χ2v) is 5.25. The van der Waals surface area contributed by atoms with Crippen molar-refractivity contribution in [1.82, 2.24) is 0 Å². The van der Waals surface area contributed by atoms with E-state index in [0.717, 1.165) is 22.6 Å². The summed E-state index contributed by atoms with van der Waals surface area (Å²) in [7, 11) is 1.65. The van der Waals surface area contributed by atoms with Crippen molar-refractivity contribution in [1.29, 1.82) is 0 Å². The molecule has 3 nitrogen and oxygen atoms in total. The lowest BCUT2D eigenvalue weighted by molar-refractivity contribution is 0.414. The summed E-state index contributed by atoms with van der Waals surface area (Å²) in [6.45, 7) is 0.565. The Morgan fingerprint density at radius 1 is 0.750 bits per heavy atom. The summed E-state index contributed by atoms with van der Waals surface area (Å²) in [5.74, 6) is 2.16. The van der Waals surface area contributed by atoms with E-state index in [0.29, 0.717) is 12.4 Å². The van der Waals surface area contributed by atoms with Crippen LogP contribution in [0.4, 0.5) is 0 Å². The van der Waals surface area contributed by atoms with Gasteiger partial charge in [-0.3, -0.25) is 0 Å². The van der Waals surface area contributed by atoms with E-state index in [1.807, 2.05) is 72.8 Å². The molecular formula is C21H19NO2. The van der Waals surface area contributed by atoms with Crippen molar-refractivity contribution in [2.75, 3.05) is 7.11 Å². The van der Waals surface area contributed by atoms with Gasteiger partial charge in [-0.1, -0.05) is 48.5 Å². The average molecular weight is 317 g/mol. The van der Waals surface area contributed by atoms with Crippen LogP contribution in [-0.4, -0.2) is 13.0 Å². The highest BCUT2D eigenvalue weighted by Crippen LogP contribution is 2.16. The first-order valence-electron chi connectivity index (χ1n) is 7.81. The standard InChI is InChI=1S/C21H19NO2/c1-23-19-14-12-18(13-15-19)21(24-20-10-6-3-7-11-20)22-16-17-8-4-2-5-9-17/h2-15H,16H2,1H3. The third-order valence-corrected chi connectivity index (χ3v) is 3.54. The van der Waals surface area contributed by atoms with E-state index in [2.05, 4.69) is 17.1 Å². The van der Waals surface area contributed by atoms with Gasteiger partial charge in [0.2, 0.25) is 5.90 Å². The molecule has 120 valence electrons. The van der Waals surface area contributed by atoms with Gasteiger partial charge < -0.3 is 9.47 Å². The van der Waals surface area contributed by atoms with Gasteiger partial charge in [-0.15, -0.1) is 0 Å². The van der Waals surface area contributed by atoms with Gasteiger partial charge in [0, 0.05) is 5.56 Å². The Bertz CT molecular complexity index is 781. The predicted octanol–water partition coefficient (Wildman–Crippen LogP) is 4.72. The van der Waals surface area contributed by atoms with Gasteiger partial charge in [0.05, 0.1) is 13.7 Å². The van der Waals surface area contributed by atoms with E-state index in [-0.39, 0.29) is 0 Å². The van der Waals surface area contributed by atoms with Gasteiger partial charge in [-0.05, 0) is 42.0 Å². The average Bonchev–Trinajstić information content (AvgIpc) is 2.67. The molecule has 0 aliphatic rings. The zero-order chi connectivity index (χ0) is 16.6. The molecular weight excluding hydrogens is 298 g/mol. The molecule has 0 saturated heterocycles. The first kappa shape index (κ1) is 15.8. The highest BCUT2D eigenvalue weighted by atomic mass is 16.5. The summed E-state index contributed by atoms with van der Waals surface area (Å²) in [5, 5.41) is 0. The maximum absolute atomic E-state index is 6.00. The van der Waals surface area contributed by atoms with Crippen molar-refractivity contribution in [3.63, 3.8) is 0 Å². The predicted molar refractivity (Wildman–Crippen MR) is 96.7 cm³/mol. The summed E-state index contributed by atoms with van der Waals surface area (Å²) < 4.78 is 11.2. The smallest absolute Gasteiger partial charge is 0.222 e. The fraction of sp³-hybridized carbons (Fsp3) is 0.0952. The number of hydrogen-bond acceptors (Lipinski definition) is 3. The third kappa shape index (κ3) is 4.23. The topological polar surface area (TPSA) is 30.8 Å². The molecule has 0 aliphatic heterocycles. The lowest BCUT2D eigenvalue weighted by atomic mass is 10.2. The summed E-state index contributed by atoms with van der Waals surface area (Å²) in [6.07, 6.45) is 0. The number of aliphatic imine (C=N–C) groups is 1. The Morgan fingerprint density at radius 2 is 1.38 bits per heavy atom. The van der Waals surface area contributed by atoms with Crippen molar-refractivity contribution in [3.8, 4) is 11.5 Å². The van der Waals surface area contributed by atoms with E-state index >= 15 is 0 Å². The number of hydrogen-bond donors (Lipinski definition) is 0. The van der Waals surface area contributed by atoms with E-state index < -0.39 is 0 Å². The largest absolute Gasteiger partial charge is 0.497 e. The molecule has 0 saturated carbocycles. The zero-order valence-electron chi connectivity index (χ0n) is 13.6. The second-order valence-electron chi connectivity index (χ2n) is 5.25. The van der Waals surface area contributed by atoms with E-state index in [1.165, 1.54) is 0 Å². The summed E-state index contributed by atoms with van der Waals surface area (Å²) in [6, 6.07) is 27.5. The normalized spacial score (nSPS) is 11.1. The van der Waals surface area contributed by atoms with Crippen LogP contribution in [0.25, 0.3) is 0 Å². The van der Waals surface area contributed by atoms with Crippen molar-refractivity contribution in [3.05, 3.63) is 96.1 Å². The summed E-state index contributed by atoms with van der Waals surface area (Å²) >= 11 is 0. The molecule has 24 heavy (non-hydrogen) atoms. The van der Waals surface area contributed by atoms with E-state index in [9.17, 15) is 0 Å². The fourth-order valence-electron chi connectivity index (χ4n) is 2.26. The van der Waals surface area contributed by atoms with Crippen LogP contribution in [0.3, 0.4) is 0 Å². The summed E-state index contributed by atoms with van der Waals surface area (Å²) in [5.41, 5.74) is 2.05. The first-order valence-corrected chi connectivity index (χ1v) is 7.81. The Labute approximate surface area is 142 Å². The van der Waals surface area contributed by atoms with E-state index in [4.69, 9.17) is 9.47 Å². The Hall–Kier alpha value is -3.07. The van der Waals surface area contributed by atoms with Crippen LogP contribution in [0.2, 0.25) is 0 Å². The van der Waals surface area contributed by atoms with Crippen LogP contribution in [0.1, 0.15) is 11.1 Å². The minimum absolute atomic E-state index is 0.565. The molecule has 0 aromatic heterocycles. The van der Waals surface area contributed by atoms with Gasteiger partial charge in [0.25, 0.3) is 0 Å². The first-order chi connectivity index (χ1) is 11.8. The van der Waals surface area contributed by atoms with Crippen LogP contribution in [-0.2, 0) is 6.54 Å². The van der Waals surface area contributed by atoms with E-state index in [1.54, 1.807) is 7.11 Å². The molecule has 3 heteroatoms. The molecule has 0 fully saturated rings. The minimum atomic E-state index is 0.565. The molecule has 0 heterocycles. The van der Waals surface area contributed by atoms with Crippen LogP contribution in [0, 0.1) is 0 Å². The maximum Gasteiger partial charge on any atom is 0.222 e.